The zero-order chi connectivity index (χ0) is 20.9. The SMILES string of the molecule is CCc1ccc(O)c(C(=O)NCc2ccccc2CS(=O)(=O)N2CCOCC2)c1. The van der Waals surface area contributed by atoms with E-state index in [9.17, 15) is 18.3 Å². The van der Waals surface area contributed by atoms with Crippen molar-refractivity contribution in [2.75, 3.05) is 26.3 Å². The molecule has 0 saturated carbocycles. The van der Waals surface area contributed by atoms with Crippen molar-refractivity contribution in [3.8, 4) is 5.75 Å². The molecule has 156 valence electrons. The van der Waals surface area contributed by atoms with Gasteiger partial charge in [-0.15, -0.1) is 0 Å². The molecule has 0 aliphatic carbocycles. The van der Waals surface area contributed by atoms with Gasteiger partial charge in [-0.25, -0.2) is 8.42 Å². The van der Waals surface area contributed by atoms with Gasteiger partial charge < -0.3 is 15.2 Å². The Labute approximate surface area is 171 Å². The Morgan fingerprint density at radius 2 is 1.83 bits per heavy atom. The van der Waals surface area contributed by atoms with Gasteiger partial charge in [-0.05, 0) is 35.2 Å². The first kappa shape index (κ1) is 21.3. The van der Waals surface area contributed by atoms with Crippen LogP contribution in [-0.2, 0) is 33.5 Å². The third-order valence-electron chi connectivity index (χ3n) is 4.97. The van der Waals surface area contributed by atoms with Gasteiger partial charge in [0.25, 0.3) is 5.91 Å². The molecule has 29 heavy (non-hydrogen) atoms. The van der Waals surface area contributed by atoms with Crippen LogP contribution in [0.2, 0.25) is 0 Å². The molecular formula is C21H26N2O5S. The van der Waals surface area contributed by atoms with Crippen LogP contribution >= 0.6 is 0 Å². The van der Waals surface area contributed by atoms with E-state index in [-0.39, 0.29) is 23.6 Å². The zero-order valence-electron chi connectivity index (χ0n) is 16.4. The highest BCUT2D eigenvalue weighted by atomic mass is 32.2. The molecule has 0 bridgehead atoms. The molecule has 0 radical (unpaired) electrons. The Morgan fingerprint density at radius 1 is 1.14 bits per heavy atom. The molecule has 1 saturated heterocycles. The highest BCUT2D eigenvalue weighted by Gasteiger charge is 2.25. The molecule has 1 aliphatic rings. The maximum atomic E-state index is 12.7. The largest absolute Gasteiger partial charge is 0.507 e. The molecule has 0 atom stereocenters. The number of phenols is 1. The number of aryl methyl sites for hydroxylation is 1. The first-order chi connectivity index (χ1) is 13.9. The van der Waals surface area contributed by atoms with E-state index < -0.39 is 15.9 Å². The van der Waals surface area contributed by atoms with Gasteiger partial charge in [0, 0.05) is 19.6 Å². The van der Waals surface area contributed by atoms with Gasteiger partial charge in [-0.2, -0.15) is 4.31 Å². The highest BCUT2D eigenvalue weighted by Crippen LogP contribution is 2.20. The highest BCUT2D eigenvalue weighted by molar-refractivity contribution is 7.88. The predicted molar refractivity (Wildman–Crippen MR) is 110 cm³/mol. The molecular weight excluding hydrogens is 392 g/mol. The molecule has 1 fully saturated rings. The van der Waals surface area contributed by atoms with Gasteiger partial charge in [0.05, 0.1) is 24.5 Å². The third-order valence-corrected chi connectivity index (χ3v) is 6.80. The lowest BCUT2D eigenvalue weighted by Gasteiger charge is -2.26. The number of aromatic hydroxyl groups is 1. The average Bonchev–Trinajstić information content (AvgIpc) is 2.73. The molecule has 2 aromatic carbocycles. The summed E-state index contributed by atoms with van der Waals surface area (Å²) in [6, 6.07) is 12.1. The number of hydrogen-bond donors (Lipinski definition) is 2. The minimum atomic E-state index is -3.46. The molecule has 0 spiro atoms. The summed E-state index contributed by atoms with van der Waals surface area (Å²) in [4.78, 5) is 12.5. The summed E-state index contributed by atoms with van der Waals surface area (Å²) >= 11 is 0. The van der Waals surface area contributed by atoms with Crippen molar-refractivity contribution in [2.45, 2.75) is 25.6 Å². The number of benzene rings is 2. The number of rotatable bonds is 7. The number of nitrogens with one attached hydrogen (secondary N) is 1. The van der Waals surface area contributed by atoms with E-state index in [1.54, 1.807) is 30.3 Å². The number of carbonyl (C=O) groups is 1. The summed E-state index contributed by atoms with van der Waals surface area (Å²) < 4.78 is 32.1. The van der Waals surface area contributed by atoms with E-state index in [1.165, 1.54) is 10.4 Å². The summed E-state index contributed by atoms with van der Waals surface area (Å²) in [6.07, 6.45) is 0.753. The van der Waals surface area contributed by atoms with E-state index in [2.05, 4.69) is 5.32 Å². The lowest BCUT2D eigenvalue weighted by atomic mass is 10.1. The van der Waals surface area contributed by atoms with Gasteiger partial charge in [0.1, 0.15) is 5.75 Å². The Hall–Kier alpha value is -2.42. The summed E-state index contributed by atoms with van der Waals surface area (Å²) in [6.45, 7) is 3.65. The molecule has 1 amide bonds. The number of carbonyl (C=O) groups excluding carboxylic acids is 1. The smallest absolute Gasteiger partial charge is 0.255 e. The Morgan fingerprint density at radius 3 is 2.52 bits per heavy atom. The monoisotopic (exact) mass is 418 g/mol. The number of nitrogens with zero attached hydrogens (tertiary/aromatic N) is 1. The van der Waals surface area contributed by atoms with Gasteiger partial charge in [-0.3, -0.25) is 4.79 Å². The normalized spacial score (nSPS) is 15.2. The second kappa shape index (κ2) is 9.39. The van der Waals surface area contributed by atoms with Crippen LogP contribution in [0.25, 0.3) is 0 Å². The molecule has 2 N–H and O–H groups in total. The van der Waals surface area contributed by atoms with E-state index in [0.717, 1.165) is 17.5 Å². The zero-order valence-corrected chi connectivity index (χ0v) is 17.2. The number of ether oxygens (including phenoxy) is 1. The fourth-order valence-corrected chi connectivity index (χ4v) is 4.80. The van der Waals surface area contributed by atoms with Gasteiger partial charge in [0.2, 0.25) is 10.0 Å². The van der Waals surface area contributed by atoms with Crippen LogP contribution in [0.5, 0.6) is 5.75 Å². The van der Waals surface area contributed by atoms with Crippen LogP contribution in [0.15, 0.2) is 42.5 Å². The molecule has 2 aromatic rings. The van der Waals surface area contributed by atoms with Crippen molar-refractivity contribution >= 4 is 15.9 Å². The van der Waals surface area contributed by atoms with Crippen LogP contribution in [0, 0.1) is 0 Å². The minimum Gasteiger partial charge on any atom is -0.507 e. The molecule has 1 heterocycles. The fraction of sp³-hybridized carbons (Fsp3) is 0.381. The van der Waals surface area contributed by atoms with Crippen LogP contribution in [0.3, 0.4) is 0 Å². The van der Waals surface area contributed by atoms with Gasteiger partial charge >= 0.3 is 0 Å². The van der Waals surface area contributed by atoms with E-state index in [1.807, 2.05) is 13.0 Å². The van der Waals surface area contributed by atoms with E-state index in [0.29, 0.717) is 31.9 Å². The van der Waals surface area contributed by atoms with Gasteiger partial charge in [0.15, 0.2) is 0 Å². The van der Waals surface area contributed by atoms with Crippen molar-refractivity contribution in [2.24, 2.45) is 0 Å². The lowest BCUT2D eigenvalue weighted by Crippen LogP contribution is -2.41. The minimum absolute atomic E-state index is 0.0807. The number of phenolic OH excluding ortho intramolecular Hbond substituents is 1. The first-order valence-electron chi connectivity index (χ1n) is 9.63. The topological polar surface area (TPSA) is 95.9 Å². The van der Waals surface area contributed by atoms with Crippen molar-refractivity contribution in [1.29, 1.82) is 0 Å². The Kier molecular flexibility index (Phi) is 6.89. The molecule has 0 unspecified atom stereocenters. The van der Waals surface area contributed by atoms with Crippen LogP contribution in [0.4, 0.5) is 0 Å². The lowest BCUT2D eigenvalue weighted by molar-refractivity contribution is 0.0729. The summed E-state index contributed by atoms with van der Waals surface area (Å²) in [5.74, 6) is -0.609. The second-order valence-electron chi connectivity index (χ2n) is 6.92. The van der Waals surface area contributed by atoms with Crippen molar-refractivity contribution in [3.05, 3.63) is 64.7 Å². The molecule has 8 heteroatoms. The van der Waals surface area contributed by atoms with E-state index in [4.69, 9.17) is 4.74 Å². The third kappa shape index (κ3) is 5.35. The molecule has 7 nitrogen and oxygen atoms in total. The van der Waals surface area contributed by atoms with E-state index >= 15 is 0 Å². The standard InChI is InChI=1S/C21H26N2O5S/c1-2-16-7-8-20(24)19(13-16)21(25)22-14-17-5-3-4-6-18(17)15-29(26,27)23-9-11-28-12-10-23/h3-8,13,24H,2,9-12,14-15H2,1H3,(H,22,25). The molecule has 3 rings (SSSR count). The van der Waals surface area contributed by atoms with Crippen molar-refractivity contribution < 1.29 is 23.1 Å². The second-order valence-corrected chi connectivity index (χ2v) is 8.89. The average molecular weight is 419 g/mol. The van der Waals surface area contributed by atoms with Crippen LogP contribution in [0.1, 0.15) is 34.0 Å². The van der Waals surface area contributed by atoms with Gasteiger partial charge in [-0.1, -0.05) is 37.3 Å². The molecule has 0 aromatic heterocycles. The summed E-state index contributed by atoms with van der Waals surface area (Å²) in [7, 11) is -3.46. The number of amides is 1. The quantitative estimate of drug-likeness (QED) is 0.717. The van der Waals surface area contributed by atoms with Crippen LogP contribution in [-0.4, -0.2) is 50.0 Å². The number of morpholine rings is 1. The number of hydrogen-bond acceptors (Lipinski definition) is 5. The predicted octanol–water partition coefficient (Wildman–Crippen LogP) is 2.05. The fourth-order valence-electron chi connectivity index (χ4n) is 3.24. The van der Waals surface area contributed by atoms with Crippen molar-refractivity contribution in [1.82, 2.24) is 9.62 Å². The first-order valence-corrected chi connectivity index (χ1v) is 11.2. The Balaban J connectivity index is 1.72. The maximum Gasteiger partial charge on any atom is 0.255 e. The number of sulfonamides is 1. The molecule has 1 aliphatic heterocycles. The maximum absolute atomic E-state index is 12.7. The summed E-state index contributed by atoms with van der Waals surface area (Å²) in [5.41, 5.74) is 2.53. The van der Waals surface area contributed by atoms with Crippen molar-refractivity contribution in [3.63, 3.8) is 0 Å². The Bertz CT molecular complexity index is 969. The van der Waals surface area contributed by atoms with Crippen LogP contribution < -0.4 is 5.32 Å². The summed E-state index contributed by atoms with van der Waals surface area (Å²) in [5, 5.41) is 12.8.